The number of hydrogen-bond acceptors (Lipinski definition) is 1. The standard InChI is InChI=1S/C44H91N/c1-6-7-8-9-30-35-40-45(41-36-31-26-22-18-14-10-12-16-20-24-28-33-38-43(2)3)42-37-32-27-23-19-15-11-13-17-21-25-29-34-39-44(4)5/h43-44H,6-42H2,1-5H3. The van der Waals surface area contributed by atoms with Gasteiger partial charge in [0.2, 0.25) is 0 Å². The van der Waals surface area contributed by atoms with Gasteiger partial charge < -0.3 is 4.90 Å². The molecule has 0 rings (SSSR count). The Hall–Kier alpha value is -0.0400. The van der Waals surface area contributed by atoms with Gasteiger partial charge in [-0.2, -0.15) is 0 Å². The van der Waals surface area contributed by atoms with Crippen LogP contribution < -0.4 is 0 Å². The first kappa shape index (κ1) is 45.0. The topological polar surface area (TPSA) is 3.24 Å². The van der Waals surface area contributed by atoms with Crippen LogP contribution in [-0.4, -0.2) is 24.5 Å². The van der Waals surface area contributed by atoms with E-state index in [0.29, 0.717) is 0 Å². The summed E-state index contributed by atoms with van der Waals surface area (Å²) in [4.78, 5) is 2.85. The maximum atomic E-state index is 2.85. The van der Waals surface area contributed by atoms with Gasteiger partial charge in [0.15, 0.2) is 0 Å². The maximum Gasteiger partial charge on any atom is -0.00187 e. The monoisotopic (exact) mass is 634 g/mol. The van der Waals surface area contributed by atoms with Crippen molar-refractivity contribution in [1.29, 1.82) is 0 Å². The van der Waals surface area contributed by atoms with Gasteiger partial charge >= 0.3 is 0 Å². The summed E-state index contributed by atoms with van der Waals surface area (Å²) in [6, 6.07) is 0. The summed E-state index contributed by atoms with van der Waals surface area (Å²) in [5.74, 6) is 1.78. The van der Waals surface area contributed by atoms with Crippen LogP contribution in [0.5, 0.6) is 0 Å². The molecule has 0 aromatic carbocycles. The zero-order valence-corrected chi connectivity index (χ0v) is 32.8. The van der Waals surface area contributed by atoms with E-state index in [1.165, 1.54) is 238 Å². The molecule has 1 heteroatoms. The normalized spacial score (nSPS) is 12.0. The minimum atomic E-state index is 0.891. The SMILES string of the molecule is CCCCCCCCN(CCCCCCCCCCCCCCCC(C)C)CCCCCCCCCCCCCCCC(C)C. The Morgan fingerprint density at radius 3 is 0.689 bits per heavy atom. The van der Waals surface area contributed by atoms with E-state index in [9.17, 15) is 0 Å². The van der Waals surface area contributed by atoms with Gasteiger partial charge in [-0.05, 0) is 50.7 Å². The molecule has 0 bridgehead atoms. The molecule has 0 atom stereocenters. The molecule has 0 aliphatic rings. The molecule has 0 aliphatic heterocycles. The van der Waals surface area contributed by atoms with Crippen molar-refractivity contribution in [2.45, 2.75) is 253 Å². The molecule has 0 amide bonds. The van der Waals surface area contributed by atoms with Crippen LogP contribution in [0.3, 0.4) is 0 Å². The lowest BCUT2D eigenvalue weighted by Gasteiger charge is -2.22. The van der Waals surface area contributed by atoms with Gasteiger partial charge in [-0.3, -0.25) is 0 Å². The number of rotatable bonds is 39. The van der Waals surface area contributed by atoms with Crippen molar-refractivity contribution in [3.63, 3.8) is 0 Å². The van der Waals surface area contributed by atoms with Crippen LogP contribution in [0.2, 0.25) is 0 Å². The lowest BCUT2D eigenvalue weighted by atomic mass is 10.0. The van der Waals surface area contributed by atoms with Crippen LogP contribution in [0, 0.1) is 11.8 Å². The zero-order valence-electron chi connectivity index (χ0n) is 32.8. The molecule has 0 fully saturated rings. The van der Waals surface area contributed by atoms with Crippen molar-refractivity contribution in [1.82, 2.24) is 4.90 Å². The average molecular weight is 634 g/mol. The van der Waals surface area contributed by atoms with E-state index in [2.05, 4.69) is 39.5 Å². The van der Waals surface area contributed by atoms with Gasteiger partial charge in [-0.25, -0.2) is 0 Å². The van der Waals surface area contributed by atoms with Crippen LogP contribution in [0.1, 0.15) is 253 Å². The van der Waals surface area contributed by atoms with Crippen molar-refractivity contribution >= 4 is 0 Å². The Labute approximate surface area is 288 Å². The third-order valence-electron chi connectivity index (χ3n) is 10.3. The Balaban J connectivity index is 3.74. The van der Waals surface area contributed by atoms with E-state index in [1.54, 1.807) is 0 Å². The minimum absolute atomic E-state index is 0.891. The van der Waals surface area contributed by atoms with Crippen molar-refractivity contribution in [2.75, 3.05) is 19.6 Å². The molecule has 0 aromatic rings. The largest absolute Gasteiger partial charge is 0.303 e. The molecule has 0 saturated carbocycles. The fourth-order valence-corrected chi connectivity index (χ4v) is 7.12. The first-order valence-electron chi connectivity index (χ1n) is 21.8. The smallest absolute Gasteiger partial charge is 0.00187 e. The van der Waals surface area contributed by atoms with Crippen molar-refractivity contribution < 1.29 is 0 Å². The number of unbranched alkanes of at least 4 members (excludes halogenated alkanes) is 29. The average Bonchev–Trinajstić information content (AvgIpc) is 3.01. The molecule has 0 saturated heterocycles. The molecule has 0 radical (unpaired) electrons. The van der Waals surface area contributed by atoms with E-state index in [-0.39, 0.29) is 0 Å². The predicted molar refractivity (Wildman–Crippen MR) is 209 cm³/mol. The van der Waals surface area contributed by atoms with E-state index >= 15 is 0 Å². The fraction of sp³-hybridized carbons (Fsp3) is 1.00. The number of hydrogen-bond donors (Lipinski definition) is 0. The highest BCUT2D eigenvalue weighted by Crippen LogP contribution is 2.17. The molecule has 0 unspecified atom stereocenters. The first-order valence-corrected chi connectivity index (χ1v) is 21.8. The Morgan fingerprint density at radius 2 is 0.467 bits per heavy atom. The van der Waals surface area contributed by atoms with Gasteiger partial charge in [-0.15, -0.1) is 0 Å². The molecule has 272 valence electrons. The minimum Gasteiger partial charge on any atom is -0.303 e. The maximum absolute atomic E-state index is 2.85. The molecule has 0 N–H and O–H groups in total. The highest BCUT2D eigenvalue weighted by atomic mass is 15.1. The lowest BCUT2D eigenvalue weighted by molar-refractivity contribution is 0.254. The van der Waals surface area contributed by atoms with Gasteiger partial charge in [0.25, 0.3) is 0 Å². The summed E-state index contributed by atoms with van der Waals surface area (Å²) in [5.41, 5.74) is 0. The molecule has 45 heavy (non-hydrogen) atoms. The van der Waals surface area contributed by atoms with Crippen LogP contribution in [0.4, 0.5) is 0 Å². The molecule has 0 aliphatic carbocycles. The van der Waals surface area contributed by atoms with Crippen molar-refractivity contribution in [2.24, 2.45) is 11.8 Å². The lowest BCUT2D eigenvalue weighted by Crippen LogP contribution is -2.27. The summed E-state index contributed by atoms with van der Waals surface area (Å²) in [6.45, 7) is 15.8. The van der Waals surface area contributed by atoms with Crippen LogP contribution in [-0.2, 0) is 0 Å². The first-order chi connectivity index (χ1) is 22.1. The summed E-state index contributed by atoms with van der Waals surface area (Å²) in [7, 11) is 0. The van der Waals surface area contributed by atoms with Gasteiger partial charge in [0.05, 0.1) is 0 Å². The van der Waals surface area contributed by atoms with Crippen LogP contribution in [0.25, 0.3) is 0 Å². The molecule has 0 heterocycles. The second kappa shape index (κ2) is 38.4. The molecule has 1 nitrogen and oxygen atoms in total. The predicted octanol–water partition coefficient (Wildman–Crippen LogP) is 15.9. The van der Waals surface area contributed by atoms with Gasteiger partial charge in [0.1, 0.15) is 0 Å². The number of nitrogens with zero attached hydrogens (tertiary/aromatic N) is 1. The quantitative estimate of drug-likeness (QED) is 0.0609. The van der Waals surface area contributed by atoms with Crippen LogP contribution >= 0.6 is 0 Å². The van der Waals surface area contributed by atoms with Crippen LogP contribution in [0.15, 0.2) is 0 Å². The second-order valence-corrected chi connectivity index (χ2v) is 16.2. The Kier molecular flexibility index (Phi) is 38.4. The fourth-order valence-electron chi connectivity index (χ4n) is 7.12. The van der Waals surface area contributed by atoms with E-state index in [4.69, 9.17) is 0 Å². The van der Waals surface area contributed by atoms with Gasteiger partial charge in [-0.1, -0.05) is 234 Å². The highest BCUT2D eigenvalue weighted by molar-refractivity contribution is 4.61. The summed E-state index contributed by atoms with van der Waals surface area (Å²) >= 11 is 0. The molecular weight excluding hydrogens is 542 g/mol. The van der Waals surface area contributed by atoms with Crippen molar-refractivity contribution in [3.05, 3.63) is 0 Å². The summed E-state index contributed by atoms with van der Waals surface area (Å²) in [5, 5.41) is 0. The molecular formula is C44H91N. The molecule has 0 aromatic heterocycles. The Morgan fingerprint density at radius 1 is 0.267 bits per heavy atom. The van der Waals surface area contributed by atoms with Gasteiger partial charge in [0, 0.05) is 0 Å². The molecule has 0 spiro atoms. The van der Waals surface area contributed by atoms with E-state index in [1.807, 2.05) is 0 Å². The Bertz CT molecular complexity index is 473. The summed E-state index contributed by atoms with van der Waals surface area (Å²) < 4.78 is 0. The van der Waals surface area contributed by atoms with E-state index < -0.39 is 0 Å². The summed E-state index contributed by atoms with van der Waals surface area (Å²) in [6.07, 6.45) is 49.7. The third-order valence-corrected chi connectivity index (χ3v) is 10.3. The van der Waals surface area contributed by atoms with Crippen molar-refractivity contribution in [3.8, 4) is 0 Å². The zero-order chi connectivity index (χ0) is 32.9. The highest BCUT2D eigenvalue weighted by Gasteiger charge is 2.05. The third kappa shape index (κ3) is 40.1. The second-order valence-electron chi connectivity index (χ2n) is 16.2. The van der Waals surface area contributed by atoms with E-state index in [0.717, 1.165) is 11.8 Å².